The molecule has 2 nitrogen and oxygen atoms in total. The summed E-state index contributed by atoms with van der Waals surface area (Å²) in [7, 11) is 1.89. The van der Waals surface area contributed by atoms with Crippen molar-refractivity contribution in [2.24, 2.45) is 7.05 Å². The van der Waals surface area contributed by atoms with Gasteiger partial charge < -0.3 is 9.41 Å². The minimum Gasteiger partial charge on any atom is -0.364 e. The van der Waals surface area contributed by atoms with Crippen LogP contribution in [0.4, 0.5) is 5.82 Å². The summed E-state index contributed by atoms with van der Waals surface area (Å²) in [4.78, 5) is 3.30. The van der Waals surface area contributed by atoms with Crippen molar-refractivity contribution in [2.45, 2.75) is 6.92 Å². The molecule has 1 aromatic heterocycles. The van der Waals surface area contributed by atoms with Gasteiger partial charge in [-0.25, -0.2) is 0 Å². The molecule has 9 heavy (non-hydrogen) atoms. The van der Waals surface area contributed by atoms with Crippen LogP contribution < -0.4 is 0 Å². The average molecular weight is 120 g/mol. The minimum absolute atomic E-state index is 0.701. The number of aromatic nitrogens is 1. The van der Waals surface area contributed by atoms with Gasteiger partial charge in [-0.05, 0) is 19.1 Å². The van der Waals surface area contributed by atoms with Gasteiger partial charge in [0.1, 0.15) is 0 Å². The summed E-state index contributed by atoms with van der Waals surface area (Å²) in [6, 6.07) is 3.76. The smallest absolute Gasteiger partial charge is 0.230 e. The molecule has 2 heteroatoms. The molecular weight excluding hydrogens is 112 g/mol. The van der Waals surface area contributed by atoms with Gasteiger partial charge in [-0.2, -0.15) is 0 Å². The predicted octanol–water partition coefficient (Wildman–Crippen LogP) is 1.88. The van der Waals surface area contributed by atoms with Crippen molar-refractivity contribution in [3.05, 3.63) is 29.2 Å². The molecule has 0 aliphatic carbocycles. The van der Waals surface area contributed by atoms with Gasteiger partial charge in [-0.15, -0.1) is 0 Å². The van der Waals surface area contributed by atoms with Gasteiger partial charge in [0, 0.05) is 0 Å². The first-order chi connectivity index (χ1) is 4.25. The van der Waals surface area contributed by atoms with Crippen molar-refractivity contribution in [3.63, 3.8) is 0 Å². The number of hydrogen-bond donors (Lipinski definition) is 0. The molecule has 0 atom stereocenters. The summed E-state index contributed by atoms with van der Waals surface area (Å²) in [6.07, 6.45) is 0. The maximum absolute atomic E-state index is 6.70. The second kappa shape index (κ2) is 1.94. The highest BCUT2D eigenvalue weighted by Crippen LogP contribution is 2.13. The summed E-state index contributed by atoms with van der Waals surface area (Å²) in [5.41, 5.74) is 1.13. The molecule has 0 fully saturated rings. The molecule has 0 N–H and O–H groups in total. The molecule has 1 aromatic rings. The van der Waals surface area contributed by atoms with E-state index in [0.717, 1.165) is 5.69 Å². The molecule has 0 spiro atoms. The monoisotopic (exact) mass is 120 g/mol. The Balaban J connectivity index is 3.24. The zero-order valence-corrected chi connectivity index (χ0v) is 5.55. The highest BCUT2D eigenvalue weighted by molar-refractivity contribution is 5.39. The maximum atomic E-state index is 6.70. The Labute approximate surface area is 54.5 Å². The van der Waals surface area contributed by atoms with Gasteiger partial charge in [-0.1, -0.05) is 6.57 Å². The lowest BCUT2D eigenvalue weighted by molar-refractivity contribution is 0.899. The van der Waals surface area contributed by atoms with E-state index in [9.17, 15) is 0 Å². The first-order valence-corrected chi connectivity index (χ1v) is 2.75. The first kappa shape index (κ1) is 5.90. The second-order valence-electron chi connectivity index (χ2n) is 2.00. The maximum Gasteiger partial charge on any atom is 0.230 e. The highest BCUT2D eigenvalue weighted by Gasteiger charge is 1.97. The Morgan fingerprint density at radius 3 is 2.44 bits per heavy atom. The normalized spacial score (nSPS) is 9.00. The fourth-order valence-electron chi connectivity index (χ4n) is 0.712. The Bertz CT molecular complexity index is 252. The largest absolute Gasteiger partial charge is 0.364 e. The standard InChI is InChI=1S/C7H8N2/c1-6-4-5-7(8-2)9(6)3/h4-5H,1,3H3. The predicted molar refractivity (Wildman–Crippen MR) is 36.4 cm³/mol. The van der Waals surface area contributed by atoms with E-state index < -0.39 is 0 Å². The van der Waals surface area contributed by atoms with Crippen LogP contribution in [0.3, 0.4) is 0 Å². The summed E-state index contributed by atoms with van der Waals surface area (Å²) in [6.45, 7) is 8.68. The van der Waals surface area contributed by atoms with E-state index in [0.29, 0.717) is 5.82 Å². The lowest BCUT2D eigenvalue weighted by atomic mass is 10.5. The molecule has 0 saturated heterocycles. The summed E-state index contributed by atoms with van der Waals surface area (Å²) >= 11 is 0. The molecule has 1 heterocycles. The van der Waals surface area contributed by atoms with E-state index >= 15 is 0 Å². The zero-order valence-electron chi connectivity index (χ0n) is 5.55. The SMILES string of the molecule is [C-]#[N+]c1ccc(C)n1C. The minimum atomic E-state index is 0.701. The van der Waals surface area contributed by atoms with E-state index in [2.05, 4.69) is 4.85 Å². The highest BCUT2D eigenvalue weighted by atomic mass is 15.0. The van der Waals surface area contributed by atoms with Gasteiger partial charge in [-0.3, -0.25) is 0 Å². The quantitative estimate of drug-likeness (QED) is 0.462. The van der Waals surface area contributed by atoms with Crippen LogP contribution in [0.5, 0.6) is 0 Å². The van der Waals surface area contributed by atoms with Crippen LogP contribution in [0.25, 0.3) is 4.85 Å². The van der Waals surface area contributed by atoms with Crippen molar-refractivity contribution in [1.82, 2.24) is 4.57 Å². The Morgan fingerprint density at radius 2 is 2.22 bits per heavy atom. The fourth-order valence-corrected chi connectivity index (χ4v) is 0.712. The summed E-state index contributed by atoms with van der Waals surface area (Å²) < 4.78 is 1.87. The fraction of sp³-hybridized carbons (Fsp3) is 0.286. The molecule has 0 amide bonds. The van der Waals surface area contributed by atoms with Crippen LogP contribution in [0.1, 0.15) is 5.69 Å². The molecule has 0 aromatic carbocycles. The average Bonchev–Trinajstić information content (AvgIpc) is 2.15. The van der Waals surface area contributed by atoms with E-state index in [-0.39, 0.29) is 0 Å². The van der Waals surface area contributed by atoms with Gasteiger partial charge in [0.25, 0.3) is 0 Å². The number of aryl methyl sites for hydroxylation is 1. The second-order valence-corrected chi connectivity index (χ2v) is 2.00. The van der Waals surface area contributed by atoms with E-state index in [4.69, 9.17) is 6.57 Å². The summed E-state index contributed by atoms with van der Waals surface area (Å²) in [5, 5.41) is 0. The third-order valence-electron chi connectivity index (χ3n) is 1.46. The van der Waals surface area contributed by atoms with Crippen LogP contribution in [-0.2, 0) is 7.05 Å². The lowest BCUT2D eigenvalue weighted by Crippen LogP contribution is -1.86. The number of hydrogen-bond acceptors (Lipinski definition) is 0. The summed E-state index contributed by atoms with van der Waals surface area (Å²) in [5.74, 6) is 0.701. The van der Waals surface area contributed by atoms with Gasteiger partial charge >= 0.3 is 0 Å². The third-order valence-corrected chi connectivity index (χ3v) is 1.46. The molecular formula is C7H8N2. The molecule has 46 valence electrons. The van der Waals surface area contributed by atoms with E-state index in [1.807, 2.05) is 30.7 Å². The Hall–Kier alpha value is -1.23. The van der Waals surface area contributed by atoms with Crippen molar-refractivity contribution in [2.75, 3.05) is 0 Å². The van der Waals surface area contributed by atoms with E-state index in [1.165, 1.54) is 0 Å². The molecule has 0 radical (unpaired) electrons. The van der Waals surface area contributed by atoms with Crippen LogP contribution in [-0.4, -0.2) is 4.57 Å². The van der Waals surface area contributed by atoms with Crippen molar-refractivity contribution >= 4 is 5.82 Å². The van der Waals surface area contributed by atoms with Gasteiger partial charge in [0.05, 0.1) is 12.7 Å². The van der Waals surface area contributed by atoms with Gasteiger partial charge in [0.15, 0.2) is 0 Å². The zero-order chi connectivity index (χ0) is 6.85. The van der Waals surface area contributed by atoms with Crippen molar-refractivity contribution in [1.29, 1.82) is 0 Å². The van der Waals surface area contributed by atoms with Gasteiger partial charge in [0.2, 0.25) is 5.82 Å². The molecule has 0 aliphatic heterocycles. The molecule has 0 saturated carbocycles. The molecule has 0 unspecified atom stereocenters. The van der Waals surface area contributed by atoms with Crippen LogP contribution in [0, 0.1) is 13.5 Å². The molecule has 0 aliphatic rings. The van der Waals surface area contributed by atoms with Crippen molar-refractivity contribution in [3.8, 4) is 0 Å². The Kier molecular flexibility index (Phi) is 1.27. The Morgan fingerprint density at radius 1 is 1.56 bits per heavy atom. The molecule has 1 rings (SSSR count). The third kappa shape index (κ3) is 0.812. The molecule has 0 bridgehead atoms. The van der Waals surface area contributed by atoms with E-state index in [1.54, 1.807) is 0 Å². The number of nitrogens with zero attached hydrogens (tertiary/aromatic N) is 2. The topological polar surface area (TPSA) is 9.29 Å². The first-order valence-electron chi connectivity index (χ1n) is 2.75. The van der Waals surface area contributed by atoms with Crippen LogP contribution in [0.15, 0.2) is 12.1 Å². The van der Waals surface area contributed by atoms with Crippen LogP contribution in [0.2, 0.25) is 0 Å². The van der Waals surface area contributed by atoms with Crippen molar-refractivity contribution < 1.29 is 0 Å². The number of rotatable bonds is 0. The van der Waals surface area contributed by atoms with Crippen LogP contribution >= 0.6 is 0 Å². The lowest BCUT2D eigenvalue weighted by Gasteiger charge is -1.92.